The van der Waals surface area contributed by atoms with Crippen LogP contribution in [0, 0.1) is 0 Å². The monoisotopic (exact) mass is 282 g/mol. The number of thiocarbonyl (C=S) groups is 1. The van der Waals surface area contributed by atoms with Crippen LogP contribution in [0.25, 0.3) is 0 Å². The zero-order valence-electron chi connectivity index (χ0n) is 8.87. The molecule has 0 aliphatic rings. The van der Waals surface area contributed by atoms with Crippen LogP contribution in [0.5, 0.6) is 0 Å². The minimum atomic E-state index is -4.47. The van der Waals surface area contributed by atoms with Gasteiger partial charge < -0.3 is 15.8 Å². The van der Waals surface area contributed by atoms with Crippen molar-refractivity contribution in [3.8, 4) is 0 Å². The van der Waals surface area contributed by atoms with E-state index in [9.17, 15) is 18.0 Å². The van der Waals surface area contributed by atoms with E-state index < -0.39 is 25.3 Å². The maximum Gasteiger partial charge on any atom is 0.411 e. The van der Waals surface area contributed by atoms with Gasteiger partial charge in [0.05, 0.1) is 11.8 Å². The molecule has 1 aromatic rings. The number of anilines is 1. The molecule has 0 aromatic carbocycles. The van der Waals surface area contributed by atoms with E-state index in [1.807, 2.05) is 0 Å². The molecule has 0 aliphatic heterocycles. The third-order valence-corrected chi connectivity index (χ3v) is 1.89. The summed E-state index contributed by atoms with van der Waals surface area (Å²) in [5.74, 6) is -0.663. The van der Waals surface area contributed by atoms with Crippen molar-refractivity contribution < 1.29 is 22.7 Å². The molecule has 0 aliphatic carbocycles. The molecule has 0 spiro atoms. The molecule has 0 radical (unpaired) electrons. The first kappa shape index (κ1) is 14.4. The molecular weight excluding hydrogens is 273 g/mol. The molecule has 1 aromatic heterocycles. The molecule has 10 heteroatoms. The summed E-state index contributed by atoms with van der Waals surface area (Å²) in [5.41, 5.74) is 5.62. The van der Waals surface area contributed by atoms with E-state index in [1.165, 1.54) is 6.20 Å². The van der Waals surface area contributed by atoms with Crippen molar-refractivity contribution in [3.05, 3.63) is 11.8 Å². The maximum absolute atomic E-state index is 11.7. The topological polar surface area (TPSA) is 93.0 Å². The Balaban J connectivity index is 2.45. The number of ether oxygens (including phenoxy) is 1. The molecule has 18 heavy (non-hydrogen) atoms. The van der Waals surface area contributed by atoms with E-state index in [4.69, 9.17) is 5.73 Å². The molecule has 1 rings (SSSR count). The lowest BCUT2D eigenvalue weighted by Crippen LogP contribution is -2.25. The summed E-state index contributed by atoms with van der Waals surface area (Å²) in [5, 5.41) is 8.23. The van der Waals surface area contributed by atoms with E-state index in [0.29, 0.717) is 0 Å². The highest BCUT2D eigenvalue weighted by Crippen LogP contribution is 2.14. The van der Waals surface area contributed by atoms with Crippen molar-refractivity contribution in [1.82, 2.24) is 10.2 Å². The molecule has 0 bridgehead atoms. The second kappa shape index (κ2) is 5.78. The van der Waals surface area contributed by atoms with Crippen LogP contribution in [0.15, 0.2) is 6.20 Å². The van der Waals surface area contributed by atoms with Gasteiger partial charge in [-0.1, -0.05) is 12.2 Å². The summed E-state index contributed by atoms with van der Waals surface area (Å²) in [4.78, 5) is 11.2. The van der Waals surface area contributed by atoms with Crippen molar-refractivity contribution >= 4 is 28.9 Å². The van der Waals surface area contributed by atoms with Gasteiger partial charge in [0.2, 0.25) is 0 Å². The number of alkyl halides is 3. The molecule has 0 fully saturated rings. The number of H-pyrrole nitrogens is 1. The minimum Gasteiger partial charge on any atom is -0.389 e. The molecule has 6 nitrogen and oxygen atoms in total. The minimum absolute atomic E-state index is 0.00439. The number of carbonyl (C=O) groups excluding carboxylic acids is 1. The summed E-state index contributed by atoms with van der Waals surface area (Å²) < 4.78 is 39.4. The maximum atomic E-state index is 11.7. The molecule has 4 N–H and O–H groups in total. The molecule has 0 saturated carbocycles. The van der Waals surface area contributed by atoms with Crippen molar-refractivity contribution in [3.63, 3.8) is 0 Å². The van der Waals surface area contributed by atoms with Gasteiger partial charge in [0.25, 0.3) is 5.91 Å². The zero-order chi connectivity index (χ0) is 13.8. The van der Waals surface area contributed by atoms with Crippen molar-refractivity contribution in [2.75, 3.05) is 18.5 Å². The third-order valence-electron chi connectivity index (χ3n) is 1.67. The summed E-state index contributed by atoms with van der Waals surface area (Å²) in [6.07, 6.45) is -3.19. The van der Waals surface area contributed by atoms with E-state index in [1.54, 1.807) is 0 Å². The predicted octanol–water partition coefficient (Wildman–Crippen LogP) is 0.561. The number of nitrogens with zero attached hydrogens (tertiary/aromatic N) is 1. The highest BCUT2D eigenvalue weighted by atomic mass is 32.1. The Morgan fingerprint density at radius 1 is 1.61 bits per heavy atom. The summed E-state index contributed by atoms with van der Waals surface area (Å²) in [7, 11) is 0. The van der Waals surface area contributed by atoms with Crippen LogP contribution in [0.1, 0.15) is 5.56 Å². The predicted molar refractivity (Wildman–Crippen MR) is 60.0 cm³/mol. The van der Waals surface area contributed by atoms with Crippen LogP contribution < -0.4 is 11.1 Å². The van der Waals surface area contributed by atoms with Gasteiger partial charge >= 0.3 is 6.18 Å². The standard InChI is InChI=1S/C8H9F3N4O2S/c9-8(10,11)3-17-2-5(16)14-7-4(6(12)18)1-13-15-7/h1H,2-3H2,(H2,12,18)(H2,13,14,15,16). The molecule has 100 valence electrons. The van der Waals surface area contributed by atoms with E-state index >= 15 is 0 Å². The van der Waals surface area contributed by atoms with Crippen molar-refractivity contribution in [2.45, 2.75) is 6.18 Å². The Labute approximate surface area is 105 Å². The van der Waals surface area contributed by atoms with Gasteiger partial charge in [-0.3, -0.25) is 9.89 Å². The van der Waals surface area contributed by atoms with Gasteiger partial charge in [0.15, 0.2) is 0 Å². The van der Waals surface area contributed by atoms with E-state index in [0.717, 1.165) is 0 Å². The number of nitrogens with two attached hydrogens (primary N) is 1. The Kier molecular flexibility index (Phi) is 4.62. The second-order valence-electron chi connectivity index (χ2n) is 3.18. The highest BCUT2D eigenvalue weighted by molar-refractivity contribution is 7.80. The zero-order valence-corrected chi connectivity index (χ0v) is 9.69. The number of aromatic amines is 1. The molecular formula is C8H9F3N4O2S. The van der Waals surface area contributed by atoms with Crippen LogP contribution in [0.4, 0.5) is 19.0 Å². The van der Waals surface area contributed by atoms with E-state index in [-0.39, 0.29) is 16.4 Å². The number of aromatic nitrogens is 2. The first-order chi connectivity index (χ1) is 8.29. The number of rotatable bonds is 5. The van der Waals surface area contributed by atoms with Crippen LogP contribution in [0.3, 0.4) is 0 Å². The molecule has 1 amide bonds. The lowest BCUT2D eigenvalue weighted by molar-refractivity contribution is -0.174. The fraction of sp³-hybridized carbons (Fsp3) is 0.375. The highest BCUT2D eigenvalue weighted by Gasteiger charge is 2.27. The normalized spacial score (nSPS) is 11.3. The fourth-order valence-electron chi connectivity index (χ4n) is 1.00. The van der Waals surface area contributed by atoms with Crippen LogP contribution in [0.2, 0.25) is 0 Å². The van der Waals surface area contributed by atoms with Crippen LogP contribution in [-0.4, -0.2) is 40.5 Å². The van der Waals surface area contributed by atoms with E-state index in [2.05, 4.69) is 32.5 Å². The average molecular weight is 282 g/mol. The second-order valence-corrected chi connectivity index (χ2v) is 3.62. The number of nitrogens with one attached hydrogen (secondary N) is 2. The van der Waals surface area contributed by atoms with Crippen LogP contribution in [-0.2, 0) is 9.53 Å². The Morgan fingerprint density at radius 3 is 2.83 bits per heavy atom. The molecule has 0 atom stereocenters. The molecule has 1 heterocycles. The van der Waals surface area contributed by atoms with Crippen molar-refractivity contribution in [2.24, 2.45) is 5.73 Å². The van der Waals surface area contributed by atoms with Gasteiger partial charge in [-0.25, -0.2) is 0 Å². The lowest BCUT2D eigenvalue weighted by Gasteiger charge is -2.08. The average Bonchev–Trinajstić information content (AvgIpc) is 2.63. The van der Waals surface area contributed by atoms with Crippen LogP contribution >= 0.6 is 12.2 Å². The van der Waals surface area contributed by atoms with Gasteiger partial charge in [-0.2, -0.15) is 18.3 Å². The number of hydrogen-bond acceptors (Lipinski definition) is 4. The smallest absolute Gasteiger partial charge is 0.389 e. The number of amides is 1. The molecule has 0 saturated heterocycles. The quantitative estimate of drug-likeness (QED) is 0.686. The molecule has 0 unspecified atom stereocenters. The van der Waals surface area contributed by atoms with Gasteiger partial charge in [-0.15, -0.1) is 0 Å². The number of halogens is 3. The summed E-state index contributed by atoms with van der Waals surface area (Å²) in [6.45, 7) is -2.24. The Hall–Kier alpha value is -1.68. The number of carbonyl (C=O) groups is 1. The first-order valence-corrected chi connectivity index (χ1v) is 4.98. The summed E-state index contributed by atoms with van der Waals surface area (Å²) >= 11 is 4.68. The SMILES string of the molecule is NC(=S)c1cn[nH]c1NC(=O)COCC(F)(F)F. The third kappa shape index (κ3) is 4.67. The first-order valence-electron chi connectivity index (χ1n) is 4.57. The van der Waals surface area contributed by atoms with Gasteiger partial charge in [0, 0.05) is 0 Å². The Morgan fingerprint density at radius 2 is 2.28 bits per heavy atom. The van der Waals surface area contributed by atoms with Gasteiger partial charge in [0.1, 0.15) is 24.0 Å². The van der Waals surface area contributed by atoms with Gasteiger partial charge in [-0.05, 0) is 0 Å². The number of hydrogen-bond donors (Lipinski definition) is 3. The fourth-order valence-corrected chi connectivity index (χ4v) is 1.16. The Bertz CT molecular complexity index is 446. The lowest BCUT2D eigenvalue weighted by atomic mass is 10.3. The summed E-state index contributed by atoms with van der Waals surface area (Å²) in [6, 6.07) is 0. The largest absolute Gasteiger partial charge is 0.411 e. The van der Waals surface area contributed by atoms with Crippen molar-refractivity contribution in [1.29, 1.82) is 0 Å².